The number of hydrogen-bond acceptors (Lipinski definition) is 4. The molecule has 1 heterocycles. The summed E-state index contributed by atoms with van der Waals surface area (Å²) in [5.74, 6) is 0.604. The molecule has 16 heavy (non-hydrogen) atoms. The zero-order chi connectivity index (χ0) is 11.7. The Morgan fingerprint density at radius 3 is 2.88 bits per heavy atom. The summed E-state index contributed by atoms with van der Waals surface area (Å²) in [7, 11) is 0. The number of rotatable bonds is 5. The van der Waals surface area contributed by atoms with E-state index in [0.717, 1.165) is 10.6 Å². The average Bonchev–Trinajstić information content (AvgIpc) is 3.00. The topological polar surface area (TPSA) is 55.1 Å². The van der Waals surface area contributed by atoms with E-state index in [1.807, 2.05) is 0 Å². The Labute approximate surface area is 99.3 Å². The van der Waals surface area contributed by atoms with Crippen LogP contribution < -0.4 is 11.1 Å². The Kier molecular flexibility index (Phi) is 3.01. The molecule has 0 aliphatic heterocycles. The van der Waals surface area contributed by atoms with Crippen LogP contribution in [0.5, 0.6) is 0 Å². The van der Waals surface area contributed by atoms with Gasteiger partial charge in [0.2, 0.25) is 0 Å². The first-order chi connectivity index (χ1) is 7.65. The molecule has 1 aliphatic carbocycles. The molecule has 0 bridgehead atoms. The molecule has 1 aromatic rings. The maximum absolute atomic E-state index is 11.4. The molecular formula is C12H16N2OS. The number of hydrogen-bond donors (Lipinski definition) is 2. The second-order valence-corrected chi connectivity index (χ2v) is 5.11. The van der Waals surface area contributed by atoms with E-state index in [0.29, 0.717) is 23.0 Å². The summed E-state index contributed by atoms with van der Waals surface area (Å²) in [5.41, 5.74) is 7.88. The number of carbonyl (C=O) groups excluding carboxylic acids is 1. The highest BCUT2D eigenvalue weighted by atomic mass is 32.1. The van der Waals surface area contributed by atoms with E-state index in [9.17, 15) is 4.79 Å². The molecule has 0 spiro atoms. The van der Waals surface area contributed by atoms with Crippen LogP contribution in [0.1, 0.15) is 40.9 Å². The molecule has 1 fully saturated rings. The molecule has 2 rings (SSSR count). The van der Waals surface area contributed by atoms with Crippen molar-refractivity contribution in [2.24, 2.45) is 0 Å². The number of Topliss-reactive ketones (excluding diaryl/α,β-unsaturated/α-hetero) is 1. The summed E-state index contributed by atoms with van der Waals surface area (Å²) < 4.78 is 0. The fourth-order valence-electron chi connectivity index (χ4n) is 1.79. The van der Waals surface area contributed by atoms with Crippen molar-refractivity contribution >= 4 is 27.8 Å². The van der Waals surface area contributed by atoms with E-state index < -0.39 is 0 Å². The third-order valence-electron chi connectivity index (χ3n) is 2.70. The molecule has 1 aliphatic rings. The molecule has 3 nitrogen and oxygen atoms in total. The minimum absolute atomic E-state index is 0.0519. The molecule has 0 atom stereocenters. The van der Waals surface area contributed by atoms with E-state index in [1.165, 1.54) is 24.2 Å². The Morgan fingerprint density at radius 1 is 1.69 bits per heavy atom. The Bertz CT molecular complexity index is 432. The molecule has 0 saturated heterocycles. The van der Waals surface area contributed by atoms with E-state index in [1.54, 1.807) is 13.0 Å². The van der Waals surface area contributed by atoms with Gasteiger partial charge >= 0.3 is 0 Å². The lowest BCUT2D eigenvalue weighted by Crippen LogP contribution is -2.00. The van der Waals surface area contributed by atoms with Crippen LogP contribution in [0.2, 0.25) is 0 Å². The third-order valence-corrected chi connectivity index (χ3v) is 3.98. The van der Waals surface area contributed by atoms with Crippen molar-refractivity contribution in [2.45, 2.75) is 25.7 Å². The van der Waals surface area contributed by atoms with Crippen molar-refractivity contribution in [1.29, 1.82) is 0 Å². The van der Waals surface area contributed by atoms with Crippen molar-refractivity contribution in [3.05, 3.63) is 23.1 Å². The van der Waals surface area contributed by atoms with Gasteiger partial charge in [0.1, 0.15) is 0 Å². The molecular weight excluding hydrogens is 220 g/mol. The highest BCUT2D eigenvalue weighted by molar-refractivity contribution is 7.18. The second kappa shape index (κ2) is 4.29. The summed E-state index contributed by atoms with van der Waals surface area (Å²) in [4.78, 5) is 12.1. The van der Waals surface area contributed by atoms with Gasteiger partial charge in [-0.3, -0.25) is 4.79 Å². The van der Waals surface area contributed by atoms with Crippen molar-refractivity contribution in [2.75, 3.05) is 17.6 Å². The lowest BCUT2D eigenvalue weighted by Gasteiger charge is -2.04. The zero-order valence-electron chi connectivity index (χ0n) is 9.38. The van der Waals surface area contributed by atoms with Gasteiger partial charge in [0.05, 0.1) is 15.6 Å². The summed E-state index contributed by atoms with van der Waals surface area (Å²) in [6.07, 6.45) is 4.17. The molecule has 0 radical (unpaired) electrons. The van der Waals surface area contributed by atoms with Gasteiger partial charge in [-0.15, -0.1) is 17.9 Å². The van der Waals surface area contributed by atoms with Gasteiger partial charge in [-0.25, -0.2) is 0 Å². The predicted octanol–water partition coefficient (Wildman–Crippen LogP) is 3.01. The second-order valence-electron chi connectivity index (χ2n) is 4.09. The number of thiophene rings is 1. The lowest BCUT2D eigenvalue weighted by atomic mass is 10.1. The summed E-state index contributed by atoms with van der Waals surface area (Å²) in [5, 5.41) is 4.32. The highest BCUT2D eigenvalue weighted by Gasteiger charge is 2.31. The van der Waals surface area contributed by atoms with E-state index >= 15 is 0 Å². The van der Waals surface area contributed by atoms with Crippen molar-refractivity contribution < 1.29 is 4.79 Å². The first kappa shape index (κ1) is 11.2. The van der Waals surface area contributed by atoms with Gasteiger partial charge in [0, 0.05) is 19.0 Å². The fraction of sp³-hybridized carbons (Fsp3) is 0.417. The normalized spacial score (nSPS) is 14.8. The van der Waals surface area contributed by atoms with E-state index in [-0.39, 0.29) is 5.78 Å². The Balaban J connectivity index is 2.37. The fourth-order valence-corrected chi connectivity index (χ4v) is 2.90. The zero-order valence-corrected chi connectivity index (χ0v) is 10.2. The number of nitrogen functional groups attached to an aromatic ring is 1. The number of carbonyl (C=O) groups is 1. The quantitative estimate of drug-likeness (QED) is 0.610. The molecule has 86 valence electrons. The van der Waals surface area contributed by atoms with Gasteiger partial charge in [0.15, 0.2) is 5.78 Å². The number of nitrogens with two attached hydrogens (primary N) is 1. The van der Waals surface area contributed by atoms with Crippen LogP contribution in [0.4, 0.5) is 10.7 Å². The smallest absolute Gasteiger partial charge is 0.171 e. The first-order valence-corrected chi connectivity index (χ1v) is 6.24. The minimum atomic E-state index is 0.0519. The van der Waals surface area contributed by atoms with Gasteiger partial charge < -0.3 is 11.1 Å². The standard InChI is InChI=1S/C12H16N2OS/c1-3-6-14-12-9(8-4-5-8)10(13)11(16-12)7(2)15/h3,8,14H,1,4-6,13H2,2H3. The molecule has 0 aromatic carbocycles. The Morgan fingerprint density at radius 2 is 2.38 bits per heavy atom. The largest absolute Gasteiger partial charge is 0.397 e. The number of ketones is 1. The molecule has 0 unspecified atom stereocenters. The monoisotopic (exact) mass is 236 g/mol. The molecule has 4 heteroatoms. The maximum Gasteiger partial charge on any atom is 0.171 e. The third kappa shape index (κ3) is 1.97. The van der Waals surface area contributed by atoms with Gasteiger partial charge in [0.25, 0.3) is 0 Å². The molecule has 0 amide bonds. The molecule has 1 saturated carbocycles. The Hall–Kier alpha value is -1.29. The summed E-state index contributed by atoms with van der Waals surface area (Å²) >= 11 is 1.47. The number of anilines is 2. The van der Waals surface area contributed by atoms with Gasteiger partial charge in [-0.1, -0.05) is 6.08 Å². The SMILES string of the molecule is C=CCNc1sc(C(C)=O)c(N)c1C1CC1. The van der Waals surface area contributed by atoms with Crippen LogP contribution in [0, 0.1) is 0 Å². The maximum atomic E-state index is 11.4. The van der Waals surface area contributed by atoms with Gasteiger partial charge in [-0.2, -0.15) is 0 Å². The average molecular weight is 236 g/mol. The van der Waals surface area contributed by atoms with Crippen molar-refractivity contribution in [3.63, 3.8) is 0 Å². The summed E-state index contributed by atoms with van der Waals surface area (Å²) in [6.45, 7) is 5.95. The van der Waals surface area contributed by atoms with Crippen molar-refractivity contribution in [3.8, 4) is 0 Å². The summed E-state index contributed by atoms with van der Waals surface area (Å²) in [6, 6.07) is 0. The van der Waals surface area contributed by atoms with Crippen LogP contribution in [-0.2, 0) is 0 Å². The highest BCUT2D eigenvalue weighted by Crippen LogP contribution is 2.50. The van der Waals surface area contributed by atoms with Crippen LogP contribution in [-0.4, -0.2) is 12.3 Å². The number of nitrogens with one attached hydrogen (secondary N) is 1. The first-order valence-electron chi connectivity index (χ1n) is 5.43. The van der Waals surface area contributed by atoms with Gasteiger partial charge in [-0.05, 0) is 18.8 Å². The van der Waals surface area contributed by atoms with E-state index in [2.05, 4.69) is 11.9 Å². The lowest BCUT2D eigenvalue weighted by molar-refractivity contribution is 0.102. The van der Waals surface area contributed by atoms with Crippen molar-refractivity contribution in [1.82, 2.24) is 0 Å². The minimum Gasteiger partial charge on any atom is -0.397 e. The predicted molar refractivity (Wildman–Crippen MR) is 69.4 cm³/mol. The van der Waals surface area contributed by atoms with Crippen LogP contribution in [0.3, 0.4) is 0 Å². The van der Waals surface area contributed by atoms with Crippen LogP contribution in [0.25, 0.3) is 0 Å². The molecule has 1 aromatic heterocycles. The van der Waals surface area contributed by atoms with E-state index in [4.69, 9.17) is 5.73 Å². The van der Waals surface area contributed by atoms with Crippen LogP contribution >= 0.6 is 11.3 Å². The van der Waals surface area contributed by atoms with Crippen LogP contribution in [0.15, 0.2) is 12.7 Å². The molecule has 3 N–H and O–H groups in total.